The van der Waals surface area contributed by atoms with Crippen LogP contribution >= 0.6 is 0 Å². The van der Waals surface area contributed by atoms with Gasteiger partial charge in [-0.1, -0.05) is 38.1 Å². The predicted molar refractivity (Wildman–Crippen MR) is 100 cm³/mol. The summed E-state index contributed by atoms with van der Waals surface area (Å²) >= 11 is 0. The molecule has 0 fully saturated rings. The normalized spacial score (nSPS) is 13.8. The van der Waals surface area contributed by atoms with Crippen molar-refractivity contribution in [3.63, 3.8) is 0 Å². The van der Waals surface area contributed by atoms with E-state index in [9.17, 15) is 9.00 Å². The minimum absolute atomic E-state index is 0.305. The van der Waals surface area contributed by atoms with Crippen LogP contribution in [-0.4, -0.2) is 30.3 Å². The number of hydrogen-bond donors (Lipinski definition) is 2. The van der Waals surface area contributed by atoms with E-state index in [2.05, 4.69) is 4.72 Å². The van der Waals surface area contributed by atoms with E-state index in [4.69, 9.17) is 5.73 Å². The third-order valence-electron chi connectivity index (χ3n) is 3.80. The van der Waals surface area contributed by atoms with Gasteiger partial charge in [0.1, 0.15) is 0 Å². The zero-order valence-electron chi connectivity index (χ0n) is 14.6. The standard InChI is InChI=1S/C18H25N3O2S/c1-12(2)11-15(19)18(22)20-24(23)17-10-6-7-13-14(17)8-5-9-16(13)21(3)4/h5-10,12,15H,11,19H2,1-4H3,(H,20,22). The van der Waals surface area contributed by atoms with E-state index in [0.29, 0.717) is 17.2 Å². The average molecular weight is 347 g/mol. The van der Waals surface area contributed by atoms with Gasteiger partial charge in [-0.2, -0.15) is 0 Å². The quantitative estimate of drug-likeness (QED) is 0.841. The van der Waals surface area contributed by atoms with Gasteiger partial charge in [0.05, 0.1) is 10.9 Å². The summed E-state index contributed by atoms with van der Waals surface area (Å²) in [5, 5.41) is 1.86. The van der Waals surface area contributed by atoms with Crippen molar-refractivity contribution in [3.8, 4) is 0 Å². The molecule has 0 radical (unpaired) electrons. The highest BCUT2D eigenvalue weighted by atomic mass is 32.2. The number of nitrogens with one attached hydrogen (secondary N) is 1. The summed E-state index contributed by atoms with van der Waals surface area (Å²) in [6.45, 7) is 4.00. The SMILES string of the molecule is CC(C)CC(N)C(=O)NS(=O)c1cccc2c(N(C)C)cccc12. The number of hydrogen-bond acceptors (Lipinski definition) is 4. The van der Waals surface area contributed by atoms with E-state index in [1.807, 2.05) is 63.2 Å². The molecule has 2 aromatic rings. The van der Waals surface area contributed by atoms with Crippen molar-refractivity contribution in [2.45, 2.75) is 31.2 Å². The van der Waals surface area contributed by atoms with E-state index in [0.717, 1.165) is 16.5 Å². The third kappa shape index (κ3) is 4.13. The van der Waals surface area contributed by atoms with Gasteiger partial charge in [-0.3, -0.25) is 9.52 Å². The number of nitrogens with two attached hydrogens (primary N) is 1. The molecule has 0 heterocycles. The van der Waals surface area contributed by atoms with Gasteiger partial charge in [0, 0.05) is 30.6 Å². The van der Waals surface area contributed by atoms with E-state index in [1.54, 1.807) is 6.07 Å². The summed E-state index contributed by atoms with van der Waals surface area (Å²) in [6.07, 6.45) is 0.559. The molecule has 3 N–H and O–H groups in total. The summed E-state index contributed by atoms with van der Waals surface area (Å²) in [6, 6.07) is 10.8. The maximum atomic E-state index is 12.7. The van der Waals surface area contributed by atoms with Gasteiger partial charge in [-0.15, -0.1) is 0 Å². The Balaban J connectivity index is 2.30. The number of carbonyl (C=O) groups is 1. The van der Waals surface area contributed by atoms with Gasteiger partial charge in [0.25, 0.3) is 0 Å². The Morgan fingerprint density at radius 1 is 1.17 bits per heavy atom. The van der Waals surface area contributed by atoms with Crippen LogP contribution in [-0.2, 0) is 15.8 Å². The third-order valence-corrected chi connectivity index (χ3v) is 4.94. The minimum Gasteiger partial charge on any atom is -0.377 e. The van der Waals surface area contributed by atoms with Crippen LogP contribution in [0.4, 0.5) is 5.69 Å². The highest BCUT2D eigenvalue weighted by Gasteiger charge is 2.19. The molecule has 2 unspecified atom stereocenters. The molecule has 130 valence electrons. The average Bonchev–Trinajstić information content (AvgIpc) is 2.52. The maximum Gasteiger partial charge on any atom is 0.248 e. The first-order valence-electron chi connectivity index (χ1n) is 7.98. The van der Waals surface area contributed by atoms with Gasteiger partial charge in [-0.05, 0) is 24.5 Å². The highest BCUT2D eigenvalue weighted by molar-refractivity contribution is 7.84. The van der Waals surface area contributed by atoms with Crippen molar-refractivity contribution in [2.24, 2.45) is 11.7 Å². The zero-order chi connectivity index (χ0) is 17.9. The van der Waals surface area contributed by atoms with Crippen molar-refractivity contribution in [1.29, 1.82) is 0 Å². The Hall–Kier alpha value is -1.92. The van der Waals surface area contributed by atoms with E-state index < -0.39 is 17.0 Å². The molecule has 1 amide bonds. The lowest BCUT2D eigenvalue weighted by Crippen LogP contribution is -2.42. The number of amides is 1. The maximum absolute atomic E-state index is 12.7. The summed E-state index contributed by atoms with van der Waals surface area (Å²) in [7, 11) is 2.28. The van der Waals surface area contributed by atoms with E-state index >= 15 is 0 Å². The molecule has 0 bridgehead atoms. The van der Waals surface area contributed by atoms with E-state index in [-0.39, 0.29) is 5.91 Å². The molecule has 0 aliphatic carbocycles. The van der Waals surface area contributed by atoms with Crippen molar-refractivity contribution in [1.82, 2.24) is 4.72 Å². The Labute approximate surface area is 145 Å². The summed E-state index contributed by atoms with van der Waals surface area (Å²) in [4.78, 5) is 14.7. The minimum atomic E-state index is -1.64. The van der Waals surface area contributed by atoms with Crippen LogP contribution in [0, 0.1) is 5.92 Å². The molecular weight excluding hydrogens is 322 g/mol. The number of nitrogens with zero attached hydrogens (tertiary/aromatic N) is 1. The number of benzene rings is 2. The number of anilines is 1. The second kappa shape index (κ2) is 7.77. The molecule has 0 spiro atoms. The molecule has 2 aromatic carbocycles. The summed E-state index contributed by atoms with van der Waals surface area (Å²) < 4.78 is 15.2. The molecule has 2 atom stereocenters. The number of rotatable bonds is 6. The largest absolute Gasteiger partial charge is 0.377 e. The lowest BCUT2D eigenvalue weighted by molar-refractivity contribution is -0.120. The monoisotopic (exact) mass is 347 g/mol. The van der Waals surface area contributed by atoms with Crippen molar-refractivity contribution in [3.05, 3.63) is 36.4 Å². The fourth-order valence-electron chi connectivity index (χ4n) is 2.65. The Kier molecular flexibility index (Phi) is 5.96. The molecule has 0 aliphatic rings. The van der Waals surface area contributed by atoms with Crippen LogP contribution in [0.25, 0.3) is 10.8 Å². The van der Waals surface area contributed by atoms with Crippen LogP contribution < -0.4 is 15.4 Å². The molecule has 0 saturated heterocycles. The zero-order valence-corrected chi connectivity index (χ0v) is 15.4. The molecule has 2 rings (SSSR count). The Morgan fingerprint density at radius 2 is 1.79 bits per heavy atom. The molecule has 0 aromatic heterocycles. The fourth-order valence-corrected chi connectivity index (χ4v) is 3.68. The predicted octanol–water partition coefficient (Wildman–Crippen LogP) is 2.42. The van der Waals surface area contributed by atoms with Gasteiger partial charge in [-0.25, -0.2) is 4.21 Å². The number of fused-ring (bicyclic) bond motifs is 1. The molecule has 5 nitrogen and oxygen atoms in total. The first-order valence-corrected chi connectivity index (χ1v) is 9.13. The summed E-state index contributed by atoms with van der Waals surface area (Å²) in [5.74, 6) is -0.0813. The first-order chi connectivity index (χ1) is 11.3. The van der Waals surface area contributed by atoms with Crippen LogP contribution in [0.3, 0.4) is 0 Å². The van der Waals surface area contributed by atoms with Crippen molar-refractivity contribution in [2.75, 3.05) is 19.0 Å². The Morgan fingerprint density at radius 3 is 2.42 bits per heavy atom. The molecule has 6 heteroatoms. The van der Waals surface area contributed by atoms with Gasteiger partial charge >= 0.3 is 0 Å². The lowest BCUT2D eigenvalue weighted by Gasteiger charge is -2.17. The molecular formula is C18H25N3O2S. The highest BCUT2D eigenvalue weighted by Crippen LogP contribution is 2.29. The van der Waals surface area contributed by atoms with Gasteiger partial charge < -0.3 is 10.6 Å². The second-order valence-electron chi connectivity index (χ2n) is 6.49. The first kappa shape index (κ1) is 18.4. The molecule has 0 aliphatic heterocycles. The van der Waals surface area contributed by atoms with Gasteiger partial charge in [0.15, 0.2) is 11.0 Å². The van der Waals surface area contributed by atoms with Crippen molar-refractivity contribution < 1.29 is 9.00 Å². The summed E-state index contributed by atoms with van der Waals surface area (Å²) in [5.41, 5.74) is 6.90. The molecule has 0 saturated carbocycles. The van der Waals surface area contributed by atoms with Crippen LogP contribution in [0.15, 0.2) is 41.3 Å². The van der Waals surface area contributed by atoms with Crippen LogP contribution in [0.2, 0.25) is 0 Å². The Bertz CT molecular complexity index is 759. The molecule has 24 heavy (non-hydrogen) atoms. The van der Waals surface area contributed by atoms with Crippen LogP contribution in [0.5, 0.6) is 0 Å². The van der Waals surface area contributed by atoms with Gasteiger partial charge in [0.2, 0.25) is 5.91 Å². The smallest absolute Gasteiger partial charge is 0.248 e. The van der Waals surface area contributed by atoms with Crippen molar-refractivity contribution >= 4 is 33.4 Å². The topological polar surface area (TPSA) is 75.4 Å². The lowest BCUT2D eigenvalue weighted by atomic mass is 10.0. The fraction of sp³-hybridized carbons (Fsp3) is 0.389. The van der Waals surface area contributed by atoms with E-state index in [1.165, 1.54) is 0 Å². The number of carbonyl (C=O) groups excluding carboxylic acids is 1. The second-order valence-corrected chi connectivity index (χ2v) is 7.68. The van der Waals surface area contributed by atoms with Crippen LogP contribution in [0.1, 0.15) is 20.3 Å².